The van der Waals surface area contributed by atoms with E-state index in [9.17, 15) is 19.4 Å². The molecule has 86 valence electrons. The molecule has 0 saturated heterocycles. The van der Waals surface area contributed by atoms with E-state index in [4.69, 9.17) is 5.11 Å². The van der Waals surface area contributed by atoms with Gasteiger partial charge in [-0.3, -0.25) is 4.79 Å². The van der Waals surface area contributed by atoms with Crippen molar-refractivity contribution in [2.75, 3.05) is 0 Å². The first-order valence-corrected chi connectivity index (χ1v) is 4.87. The van der Waals surface area contributed by atoms with Crippen LogP contribution in [0.3, 0.4) is 0 Å². The number of aromatic hydroxyl groups is 1. The molecule has 0 radical (unpaired) electrons. The van der Waals surface area contributed by atoms with Gasteiger partial charge in [0, 0.05) is 5.56 Å². The number of para-hydroxylation sites is 1. The van der Waals surface area contributed by atoms with Gasteiger partial charge in [0.25, 0.3) is 0 Å². The van der Waals surface area contributed by atoms with E-state index in [-0.39, 0.29) is 18.4 Å². The minimum Gasteiger partial charge on any atom is -0.505 e. The van der Waals surface area contributed by atoms with Crippen LogP contribution in [0.4, 0.5) is 4.39 Å². The fourth-order valence-electron chi connectivity index (χ4n) is 2.16. The largest absolute Gasteiger partial charge is 0.505 e. The van der Waals surface area contributed by atoms with Crippen LogP contribution in [-0.2, 0) is 10.2 Å². The predicted molar refractivity (Wildman–Crippen MR) is 52.6 cm³/mol. The Labute approximate surface area is 91.0 Å². The number of carboxylic acids is 1. The first-order valence-electron chi connectivity index (χ1n) is 4.87. The standard InChI is InChI=1S/C11H11FO4/c12-8-3-1-2-7(9(8)14)11(10(15)16)4-6(13)5-11/h1-3,6,13-14H,4-5H2,(H,15,16). The lowest BCUT2D eigenvalue weighted by atomic mass is 9.62. The van der Waals surface area contributed by atoms with Crippen molar-refractivity contribution in [2.45, 2.75) is 24.4 Å². The van der Waals surface area contributed by atoms with E-state index < -0.39 is 29.1 Å². The summed E-state index contributed by atoms with van der Waals surface area (Å²) in [6, 6.07) is 3.78. The lowest BCUT2D eigenvalue weighted by molar-refractivity contribution is -0.153. The number of hydrogen-bond donors (Lipinski definition) is 3. The molecule has 0 aromatic heterocycles. The Hall–Kier alpha value is -1.62. The minimum absolute atomic E-state index is 0.000648. The Morgan fingerprint density at radius 3 is 2.56 bits per heavy atom. The van der Waals surface area contributed by atoms with E-state index in [1.165, 1.54) is 12.1 Å². The summed E-state index contributed by atoms with van der Waals surface area (Å²) in [5.41, 5.74) is -1.32. The molecule has 1 aromatic carbocycles. The van der Waals surface area contributed by atoms with E-state index in [1.807, 2.05) is 0 Å². The molecule has 0 amide bonds. The van der Waals surface area contributed by atoms with Crippen molar-refractivity contribution in [1.29, 1.82) is 0 Å². The van der Waals surface area contributed by atoms with Gasteiger partial charge in [0.2, 0.25) is 0 Å². The van der Waals surface area contributed by atoms with Crippen LogP contribution in [0.2, 0.25) is 0 Å². The number of phenols is 1. The molecule has 1 fully saturated rings. The lowest BCUT2D eigenvalue weighted by Crippen LogP contribution is -2.50. The predicted octanol–water partition coefficient (Wildman–Crippen LogP) is 1.01. The number of rotatable bonds is 2. The van der Waals surface area contributed by atoms with Gasteiger partial charge >= 0.3 is 5.97 Å². The molecular formula is C11H11FO4. The number of halogens is 1. The second-order valence-electron chi connectivity index (χ2n) is 4.09. The zero-order chi connectivity index (χ0) is 11.9. The molecule has 0 bridgehead atoms. The molecule has 16 heavy (non-hydrogen) atoms. The van der Waals surface area contributed by atoms with Crippen molar-refractivity contribution in [1.82, 2.24) is 0 Å². The molecule has 0 heterocycles. The maximum absolute atomic E-state index is 13.1. The molecule has 0 unspecified atom stereocenters. The van der Waals surface area contributed by atoms with Crippen molar-refractivity contribution in [3.05, 3.63) is 29.6 Å². The van der Waals surface area contributed by atoms with Gasteiger partial charge in [-0.15, -0.1) is 0 Å². The summed E-state index contributed by atoms with van der Waals surface area (Å²) in [4.78, 5) is 11.2. The Kier molecular flexibility index (Phi) is 2.35. The van der Waals surface area contributed by atoms with Gasteiger partial charge in [-0.25, -0.2) is 4.39 Å². The highest BCUT2D eigenvalue weighted by Gasteiger charge is 2.52. The van der Waals surface area contributed by atoms with Gasteiger partial charge in [0.15, 0.2) is 11.6 Å². The van der Waals surface area contributed by atoms with Crippen LogP contribution in [-0.4, -0.2) is 27.4 Å². The number of carbonyl (C=O) groups is 1. The molecule has 1 aromatic rings. The Bertz CT molecular complexity index is 438. The van der Waals surface area contributed by atoms with Gasteiger partial charge in [0.05, 0.1) is 6.10 Å². The molecule has 0 spiro atoms. The molecule has 1 aliphatic carbocycles. The first kappa shape index (κ1) is 10.9. The van der Waals surface area contributed by atoms with E-state index in [0.717, 1.165) is 6.07 Å². The molecule has 3 N–H and O–H groups in total. The van der Waals surface area contributed by atoms with E-state index >= 15 is 0 Å². The number of benzene rings is 1. The number of carboxylic acid groups (broad SMARTS) is 1. The molecule has 1 aliphatic rings. The maximum Gasteiger partial charge on any atom is 0.314 e. The van der Waals surface area contributed by atoms with Gasteiger partial charge in [-0.2, -0.15) is 0 Å². The first-order chi connectivity index (χ1) is 7.47. The van der Waals surface area contributed by atoms with Crippen LogP contribution in [0.15, 0.2) is 18.2 Å². The van der Waals surface area contributed by atoms with Gasteiger partial charge in [-0.05, 0) is 18.9 Å². The summed E-state index contributed by atoms with van der Waals surface area (Å²) < 4.78 is 13.1. The van der Waals surface area contributed by atoms with E-state index in [1.54, 1.807) is 0 Å². The quantitative estimate of drug-likeness (QED) is 0.703. The number of aliphatic hydroxyl groups excluding tert-OH is 1. The SMILES string of the molecule is O=C(O)C1(c2cccc(F)c2O)CC(O)C1. The minimum atomic E-state index is -1.36. The van der Waals surface area contributed by atoms with E-state index in [0.29, 0.717) is 0 Å². The van der Waals surface area contributed by atoms with Crippen LogP contribution in [0.1, 0.15) is 18.4 Å². The highest BCUT2D eigenvalue weighted by Crippen LogP contribution is 2.47. The van der Waals surface area contributed by atoms with Crippen molar-refractivity contribution >= 4 is 5.97 Å². The summed E-state index contributed by atoms with van der Waals surface area (Å²) in [6.07, 6.45) is -0.711. The summed E-state index contributed by atoms with van der Waals surface area (Å²) in [7, 11) is 0. The molecule has 5 heteroatoms. The van der Waals surface area contributed by atoms with Crippen LogP contribution in [0.5, 0.6) is 5.75 Å². The van der Waals surface area contributed by atoms with Gasteiger partial charge in [-0.1, -0.05) is 12.1 Å². The van der Waals surface area contributed by atoms with Crippen molar-refractivity contribution in [2.24, 2.45) is 0 Å². The third kappa shape index (κ3) is 1.36. The van der Waals surface area contributed by atoms with E-state index in [2.05, 4.69) is 0 Å². The van der Waals surface area contributed by atoms with Crippen LogP contribution >= 0.6 is 0 Å². The zero-order valence-electron chi connectivity index (χ0n) is 8.35. The highest BCUT2D eigenvalue weighted by atomic mass is 19.1. The van der Waals surface area contributed by atoms with Crippen molar-refractivity contribution in [3.8, 4) is 5.75 Å². The molecular weight excluding hydrogens is 215 g/mol. The fraction of sp³-hybridized carbons (Fsp3) is 0.364. The van der Waals surface area contributed by atoms with Gasteiger partial charge < -0.3 is 15.3 Å². The molecule has 4 nitrogen and oxygen atoms in total. The maximum atomic E-state index is 13.1. The third-order valence-electron chi connectivity index (χ3n) is 3.08. The van der Waals surface area contributed by atoms with Gasteiger partial charge in [0.1, 0.15) is 5.41 Å². The Morgan fingerprint density at radius 1 is 1.44 bits per heavy atom. The lowest BCUT2D eigenvalue weighted by Gasteiger charge is -2.42. The second-order valence-corrected chi connectivity index (χ2v) is 4.09. The number of phenolic OH excluding ortho intramolecular Hbond substituents is 1. The van der Waals surface area contributed by atoms with Crippen molar-refractivity contribution < 1.29 is 24.5 Å². The van der Waals surface area contributed by atoms with Crippen LogP contribution in [0, 0.1) is 5.82 Å². The second kappa shape index (κ2) is 3.45. The fourth-order valence-corrected chi connectivity index (χ4v) is 2.16. The summed E-state index contributed by atoms with van der Waals surface area (Å²) >= 11 is 0. The molecule has 1 saturated carbocycles. The third-order valence-corrected chi connectivity index (χ3v) is 3.08. The summed E-state index contributed by atoms with van der Waals surface area (Å²) in [5, 5.41) is 27.9. The average molecular weight is 226 g/mol. The van der Waals surface area contributed by atoms with Crippen molar-refractivity contribution in [3.63, 3.8) is 0 Å². The normalized spacial score (nSPS) is 28.5. The molecule has 0 aliphatic heterocycles. The Morgan fingerprint density at radius 2 is 2.06 bits per heavy atom. The number of hydrogen-bond acceptors (Lipinski definition) is 3. The smallest absolute Gasteiger partial charge is 0.314 e. The number of aliphatic carboxylic acids is 1. The molecule has 2 rings (SSSR count). The topological polar surface area (TPSA) is 77.8 Å². The molecule has 0 atom stereocenters. The monoisotopic (exact) mass is 226 g/mol. The summed E-state index contributed by atoms with van der Waals surface area (Å²) in [5.74, 6) is -2.64. The zero-order valence-corrected chi connectivity index (χ0v) is 8.35. The highest BCUT2D eigenvalue weighted by molar-refractivity contribution is 5.84. The van der Waals surface area contributed by atoms with Crippen LogP contribution < -0.4 is 0 Å². The summed E-state index contributed by atoms with van der Waals surface area (Å²) in [6.45, 7) is 0. The van der Waals surface area contributed by atoms with Crippen LogP contribution in [0.25, 0.3) is 0 Å². The average Bonchev–Trinajstić information content (AvgIpc) is 2.17. The number of aliphatic hydroxyl groups is 1. The Balaban J connectivity index is 2.49.